The average Bonchev–Trinajstić information content (AvgIpc) is 2.88. The van der Waals surface area contributed by atoms with Crippen LogP contribution < -0.4 is 10.3 Å². The molecule has 0 spiro atoms. The predicted octanol–water partition coefficient (Wildman–Crippen LogP) is 2.84. The Morgan fingerprint density at radius 2 is 1.83 bits per heavy atom. The van der Waals surface area contributed by atoms with Crippen molar-refractivity contribution in [2.45, 2.75) is 6.92 Å². The summed E-state index contributed by atoms with van der Waals surface area (Å²) in [6, 6.07) is 15.7. The molecule has 0 saturated carbocycles. The third-order valence-electron chi connectivity index (χ3n) is 3.91. The van der Waals surface area contributed by atoms with Gasteiger partial charge >= 0.3 is 5.97 Å². The van der Waals surface area contributed by atoms with Crippen LogP contribution in [0, 0.1) is 5.92 Å². The van der Waals surface area contributed by atoms with Crippen molar-refractivity contribution in [1.82, 2.24) is 0 Å². The Kier molecular flexibility index (Phi) is 4.29. The fraction of sp³-hybridized carbons (Fsp3) is 0.167. The summed E-state index contributed by atoms with van der Waals surface area (Å²) in [5.41, 5.74) is 2.48. The van der Waals surface area contributed by atoms with Crippen molar-refractivity contribution in [3.8, 4) is 0 Å². The maximum Gasteiger partial charge on any atom is 0.335 e. The van der Waals surface area contributed by atoms with Gasteiger partial charge in [0.25, 0.3) is 5.91 Å². The largest absolute Gasteiger partial charge is 0.478 e. The van der Waals surface area contributed by atoms with E-state index in [1.165, 1.54) is 17.1 Å². The zero-order valence-corrected chi connectivity index (χ0v) is 13.1. The second-order valence-electron chi connectivity index (χ2n) is 5.54. The molecule has 0 bridgehead atoms. The van der Waals surface area contributed by atoms with Crippen LogP contribution >= 0.6 is 0 Å². The summed E-state index contributed by atoms with van der Waals surface area (Å²) in [6.45, 7) is 2.24. The number of hydrogen-bond donors (Lipinski definition) is 2. The van der Waals surface area contributed by atoms with Gasteiger partial charge in [-0.05, 0) is 43.3 Å². The van der Waals surface area contributed by atoms with Crippen LogP contribution in [-0.2, 0) is 4.79 Å². The van der Waals surface area contributed by atoms with Gasteiger partial charge in [-0.15, -0.1) is 0 Å². The first-order valence-corrected chi connectivity index (χ1v) is 7.57. The molecule has 2 aromatic carbocycles. The number of hydrazone groups is 1. The minimum Gasteiger partial charge on any atom is -0.478 e. The maximum atomic E-state index is 12.6. The van der Waals surface area contributed by atoms with Gasteiger partial charge in [-0.1, -0.05) is 18.2 Å². The van der Waals surface area contributed by atoms with Crippen molar-refractivity contribution < 1.29 is 14.7 Å². The fourth-order valence-corrected chi connectivity index (χ4v) is 2.54. The van der Waals surface area contributed by atoms with E-state index in [1.807, 2.05) is 37.3 Å². The zero-order chi connectivity index (χ0) is 17.1. The van der Waals surface area contributed by atoms with Crippen molar-refractivity contribution in [3.63, 3.8) is 0 Å². The van der Waals surface area contributed by atoms with E-state index in [9.17, 15) is 9.59 Å². The number of carbonyl (C=O) groups is 2. The van der Waals surface area contributed by atoms with Crippen molar-refractivity contribution >= 4 is 29.0 Å². The van der Waals surface area contributed by atoms with E-state index in [-0.39, 0.29) is 17.4 Å². The van der Waals surface area contributed by atoms with Crippen LogP contribution in [0.15, 0.2) is 59.7 Å². The molecule has 0 radical (unpaired) electrons. The Bertz CT molecular complexity index is 785. The molecule has 0 aromatic heterocycles. The second kappa shape index (κ2) is 6.54. The van der Waals surface area contributed by atoms with Gasteiger partial charge in [-0.25, -0.2) is 9.80 Å². The number of amides is 1. The molecular weight excluding hydrogens is 306 g/mol. The predicted molar refractivity (Wildman–Crippen MR) is 92.4 cm³/mol. The standard InChI is InChI=1S/C18H17N3O3/c1-12-16(11-19-14-9-7-13(8-10-14)18(23)24)17(22)21(20-12)15-5-3-2-4-6-15/h2-10,16,19H,11H2,1H3,(H,23,24). The summed E-state index contributed by atoms with van der Waals surface area (Å²) in [4.78, 5) is 23.4. The van der Waals surface area contributed by atoms with Crippen LogP contribution in [0.25, 0.3) is 0 Å². The van der Waals surface area contributed by atoms with Crippen LogP contribution in [0.2, 0.25) is 0 Å². The Morgan fingerprint density at radius 3 is 2.46 bits per heavy atom. The first-order chi connectivity index (χ1) is 11.6. The van der Waals surface area contributed by atoms with Crippen molar-refractivity contribution in [2.75, 3.05) is 16.9 Å². The summed E-state index contributed by atoms with van der Waals surface area (Å²) in [7, 11) is 0. The van der Waals surface area contributed by atoms with E-state index in [4.69, 9.17) is 5.11 Å². The highest BCUT2D eigenvalue weighted by Gasteiger charge is 2.34. The van der Waals surface area contributed by atoms with Gasteiger partial charge in [0, 0.05) is 12.2 Å². The molecule has 6 heteroatoms. The number of rotatable bonds is 5. The Morgan fingerprint density at radius 1 is 1.17 bits per heavy atom. The molecule has 6 nitrogen and oxygen atoms in total. The Balaban J connectivity index is 1.67. The Hall–Kier alpha value is -3.15. The lowest BCUT2D eigenvalue weighted by molar-refractivity contribution is -0.119. The van der Waals surface area contributed by atoms with Gasteiger partial charge in [0.15, 0.2) is 0 Å². The van der Waals surface area contributed by atoms with E-state index in [2.05, 4.69) is 10.4 Å². The minimum atomic E-state index is -0.964. The lowest BCUT2D eigenvalue weighted by Crippen LogP contribution is -2.31. The topological polar surface area (TPSA) is 82.0 Å². The highest BCUT2D eigenvalue weighted by molar-refractivity contribution is 6.15. The molecule has 1 unspecified atom stereocenters. The number of nitrogens with zero attached hydrogens (tertiary/aromatic N) is 2. The highest BCUT2D eigenvalue weighted by Crippen LogP contribution is 2.24. The molecular formula is C18H17N3O3. The number of aromatic carboxylic acids is 1. The van der Waals surface area contributed by atoms with Gasteiger partial charge in [-0.2, -0.15) is 5.10 Å². The van der Waals surface area contributed by atoms with E-state index in [0.29, 0.717) is 6.54 Å². The summed E-state index contributed by atoms with van der Waals surface area (Å²) in [5, 5.41) is 17.8. The normalized spacial score (nSPS) is 16.9. The monoisotopic (exact) mass is 323 g/mol. The van der Waals surface area contributed by atoms with Gasteiger partial charge in [0.05, 0.1) is 22.9 Å². The SMILES string of the molecule is CC1=NN(c2ccccc2)C(=O)C1CNc1ccc(C(=O)O)cc1. The third-order valence-corrected chi connectivity index (χ3v) is 3.91. The maximum absolute atomic E-state index is 12.6. The minimum absolute atomic E-state index is 0.0756. The number of carboxylic acids is 1. The molecule has 1 atom stereocenters. The summed E-state index contributed by atoms with van der Waals surface area (Å²) in [5.74, 6) is -1.38. The molecule has 2 aromatic rings. The number of nitrogens with one attached hydrogen (secondary N) is 1. The molecule has 1 aliphatic heterocycles. The summed E-state index contributed by atoms with van der Waals surface area (Å²) in [6.07, 6.45) is 0. The van der Waals surface area contributed by atoms with Gasteiger partial charge in [0.1, 0.15) is 0 Å². The van der Waals surface area contributed by atoms with Gasteiger partial charge in [-0.3, -0.25) is 4.79 Å². The summed E-state index contributed by atoms with van der Waals surface area (Å²) >= 11 is 0. The highest BCUT2D eigenvalue weighted by atomic mass is 16.4. The van der Waals surface area contributed by atoms with Crippen molar-refractivity contribution in [3.05, 3.63) is 60.2 Å². The third kappa shape index (κ3) is 3.12. The van der Waals surface area contributed by atoms with Crippen LogP contribution in [0.4, 0.5) is 11.4 Å². The molecule has 0 aliphatic carbocycles. The first-order valence-electron chi connectivity index (χ1n) is 7.57. The average molecular weight is 323 g/mol. The summed E-state index contributed by atoms with van der Waals surface area (Å²) < 4.78 is 0. The number of benzene rings is 2. The lowest BCUT2D eigenvalue weighted by atomic mass is 10.0. The molecule has 2 N–H and O–H groups in total. The molecule has 0 fully saturated rings. The molecule has 0 saturated heterocycles. The van der Waals surface area contributed by atoms with Crippen molar-refractivity contribution in [2.24, 2.45) is 11.0 Å². The number of carboxylic acid groups (broad SMARTS) is 1. The molecule has 24 heavy (non-hydrogen) atoms. The number of anilines is 2. The van der Waals surface area contributed by atoms with Gasteiger partial charge < -0.3 is 10.4 Å². The number of hydrogen-bond acceptors (Lipinski definition) is 4. The van der Waals surface area contributed by atoms with Crippen LogP contribution in [0.5, 0.6) is 0 Å². The molecule has 3 rings (SSSR count). The first kappa shape index (κ1) is 15.7. The van der Waals surface area contributed by atoms with E-state index < -0.39 is 5.97 Å². The molecule has 1 amide bonds. The lowest BCUT2D eigenvalue weighted by Gasteiger charge is -2.15. The van der Waals surface area contributed by atoms with E-state index in [1.54, 1.807) is 12.1 Å². The van der Waals surface area contributed by atoms with Crippen LogP contribution in [-0.4, -0.2) is 29.2 Å². The van der Waals surface area contributed by atoms with Crippen LogP contribution in [0.3, 0.4) is 0 Å². The number of carbonyl (C=O) groups excluding carboxylic acids is 1. The van der Waals surface area contributed by atoms with E-state index in [0.717, 1.165) is 17.1 Å². The van der Waals surface area contributed by atoms with E-state index >= 15 is 0 Å². The molecule has 1 aliphatic rings. The zero-order valence-electron chi connectivity index (χ0n) is 13.1. The second-order valence-corrected chi connectivity index (χ2v) is 5.54. The molecule has 122 valence electrons. The Labute approximate surface area is 139 Å². The van der Waals surface area contributed by atoms with Crippen LogP contribution in [0.1, 0.15) is 17.3 Å². The number of para-hydroxylation sites is 1. The molecule has 1 heterocycles. The quantitative estimate of drug-likeness (QED) is 0.886. The smallest absolute Gasteiger partial charge is 0.335 e. The van der Waals surface area contributed by atoms with Gasteiger partial charge in [0.2, 0.25) is 0 Å². The fourth-order valence-electron chi connectivity index (χ4n) is 2.54. The van der Waals surface area contributed by atoms with Crippen molar-refractivity contribution in [1.29, 1.82) is 0 Å².